The van der Waals surface area contributed by atoms with Gasteiger partial charge in [-0.3, -0.25) is 15.0 Å². The summed E-state index contributed by atoms with van der Waals surface area (Å²) in [7, 11) is 0. The predicted molar refractivity (Wildman–Crippen MR) is 102 cm³/mol. The zero-order chi connectivity index (χ0) is 18.5. The van der Waals surface area contributed by atoms with E-state index in [4.69, 9.17) is 11.6 Å². The van der Waals surface area contributed by atoms with Crippen molar-refractivity contribution in [2.24, 2.45) is 5.10 Å². The predicted octanol–water partition coefficient (Wildman–Crippen LogP) is 3.43. The number of nitrogens with zero attached hydrogens (tertiary/aromatic N) is 2. The number of ketones is 1. The standard InChI is InChI=1S/C19H15ClN4O2/c1-12-11-16(25)22-19(21-12)17(18(26)13-5-3-2-4-6-13)24-23-15-9-7-14(20)8-10-15/h2-11,23H,1H3,(H,21,22,25)/b24-17-. The van der Waals surface area contributed by atoms with E-state index in [1.165, 1.54) is 6.07 Å². The van der Waals surface area contributed by atoms with Gasteiger partial charge in [0.1, 0.15) is 0 Å². The van der Waals surface area contributed by atoms with Crippen LogP contribution in [-0.2, 0) is 0 Å². The second-order valence-corrected chi connectivity index (χ2v) is 5.95. The van der Waals surface area contributed by atoms with Gasteiger partial charge in [-0.1, -0.05) is 41.9 Å². The molecule has 0 unspecified atom stereocenters. The number of rotatable bonds is 5. The number of carbonyl (C=O) groups is 1. The second kappa shape index (κ2) is 7.76. The fourth-order valence-electron chi connectivity index (χ4n) is 2.27. The van der Waals surface area contributed by atoms with Gasteiger partial charge < -0.3 is 4.98 Å². The average Bonchev–Trinajstić information content (AvgIpc) is 2.63. The van der Waals surface area contributed by atoms with Crippen LogP contribution in [0.15, 0.2) is 70.6 Å². The lowest BCUT2D eigenvalue weighted by atomic mass is 10.1. The molecular weight excluding hydrogens is 352 g/mol. The molecule has 7 heteroatoms. The lowest BCUT2D eigenvalue weighted by Gasteiger charge is -2.07. The van der Waals surface area contributed by atoms with E-state index < -0.39 is 0 Å². The highest BCUT2D eigenvalue weighted by atomic mass is 35.5. The van der Waals surface area contributed by atoms with Gasteiger partial charge in [0.2, 0.25) is 5.78 Å². The van der Waals surface area contributed by atoms with Crippen molar-refractivity contribution in [3.63, 3.8) is 0 Å². The minimum Gasteiger partial charge on any atom is -0.305 e. The summed E-state index contributed by atoms with van der Waals surface area (Å²) >= 11 is 5.87. The van der Waals surface area contributed by atoms with Crippen molar-refractivity contribution in [3.05, 3.63) is 93.1 Å². The lowest BCUT2D eigenvalue weighted by molar-refractivity contribution is 0.106. The first-order valence-corrected chi connectivity index (χ1v) is 8.18. The zero-order valence-electron chi connectivity index (χ0n) is 13.9. The highest BCUT2D eigenvalue weighted by Gasteiger charge is 2.19. The normalized spacial score (nSPS) is 11.2. The third-order valence-electron chi connectivity index (χ3n) is 3.49. The van der Waals surface area contributed by atoms with Crippen molar-refractivity contribution in [1.29, 1.82) is 0 Å². The van der Waals surface area contributed by atoms with Crippen LogP contribution in [0.3, 0.4) is 0 Å². The van der Waals surface area contributed by atoms with E-state index >= 15 is 0 Å². The van der Waals surface area contributed by atoms with E-state index in [1.807, 2.05) is 6.07 Å². The Kier molecular flexibility index (Phi) is 5.24. The number of anilines is 1. The van der Waals surface area contributed by atoms with Crippen LogP contribution in [0, 0.1) is 6.92 Å². The maximum Gasteiger partial charge on any atom is 0.251 e. The summed E-state index contributed by atoms with van der Waals surface area (Å²) in [6.45, 7) is 1.68. The molecule has 1 aromatic heterocycles. The Morgan fingerprint density at radius 1 is 1.12 bits per heavy atom. The quantitative estimate of drug-likeness (QED) is 0.411. The van der Waals surface area contributed by atoms with Gasteiger partial charge >= 0.3 is 0 Å². The molecule has 0 fully saturated rings. The van der Waals surface area contributed by atoms with E-state index in [0.29, 0.717) is 22.0 Å². The summed E-state index contributed by atoms with van der Waals surface area (Å²) in [6.07, 6.45) is 0. The summed E-state index contributed by atoms with van der Waals surface area (Å²) in [5.74, 6) is -0.258. The smallest absolute Gasteiger partial charge is 0.251 e. The fourth-order valence-corrected chi connectivity index (χ4v) is 2.40. The Bertz CT molecular complexity index is 1010. The van der Waals surface area contributed by atoms with Crippen molar-refractivity contribution in [1.82, 2.24) is 9.97 Å². The van der Waals surface area contributed by atoms with Gasteiger partial charge in [0.25, 0.3) is 5.56 Å². The molecule has 3 rings (SSSR count). The number of benzene rings is 2. The lowest BCUT2D eigenvalue weighted by Crippen LogP contribution is -2.24. The van der Waals surface area contributed by atoms with Crippen LogP contribution in [0.5, 0.6) is 0 Å². The van der Waals surface area contributed by atoms with Crippen molar-refractivity contribution < 1.29 is 4.79 Å². The first-order valence-electron chi connectivity index (χ1n) is 7.80. The first kappa shape index (κ1) is 17.6. The fraction of sp³-hybridized carbons (Fsp3) is 0.0526. The third kappa shape index (κ3) is 4.23. The topological polar surface area (TPSA) is 87.2 Å². The molecule has 2 N–H and O–H groups in total. The van der Waals surface area contributed by atoms with E-state index in [2.05, 4.69) is 20.5 Å². The van der Waals surface area contributed by atoms with Gasteiger partial charge in [-0.2, -0.15) is 5.10 Å². The molecule has 3 aromatic rings. The zero-order valence-corrected chi connectivity index (χ0v) is 14.6. The number of hydrogen-bond acceptors (Lipinski definition) is 5. The molecule has 0 radical (unpaired) electrons. The molecule has 0 bridgehead atoms. The molecule has 0 aliphatic carbocycles. The summed E-state index contributed by atoms with van der Waals surface area (Å²) < 4.78 is 0. The van der Waals surface area contributed by atoms with E-state index in [9.17, 15) is 9.59 Å². The van der Waals surface area contributed by atoms with Crippen LogP contribution in [0.4, 0.5) is 5.69 Å². The molecule has 0 aliphatic heterocycles. The number of Topliss-reactive ketones (excluding diaryl/α,β-unsaturated/α-hetero) is 1. The Labute approximate surface area is 154 Å². The van der Waals surface area contributed by atoms with E-state index in [0.717, 1.165) is 0 Å². The molecule has 0 aliphatic rings. The number of hydrazone groups is 1. The summed E-state index contributed by atoms with van der Waals surface area (Å²) in [5, 5.41) is 4.78. The molecule has 0 amide bonds. The average molecular weight is 367 g/mol. The van der Waals surface area contributed by atoms with Crippen molar-refractivity contribution >= 4 is 28.8 Å². The Balaban J connectivity index is 2.03. The molecule has 26 heavy (non-hydrogen) atoms. The van der Waals surface area contributed by atoms with Crippen LogP contribution in [-0.4, -0.2) is 21.5 Å². The third-order valence-corrected chi connectivity index (χ3v) is 3.74. The Morgan fingerprint density at radius 3 is 2.46 bits per heavy atom. The van der Waals surface area contributed by atoms with Gasteiger partial charge in [-0.15, -0.1) is 0 Å². The summed E-state index contributed by atoms with van der Waals surface area (Å²) in [6, 6.07) is 16.9. The number of halogens is 1. The SMILES string of the molecule is Cc1cc(=O)[nH]c(/C(=N\Nc2ccc(Cl)cc2)C(=O)c2ccccc2)n1. The molecule has 0 spiro atoms. The minimum absolute atomic E-state index is 0.00644. The number of carbonyl (C=O) groups excluding carboxylic acids is 1. The van der Waals surface area contributed by atoms with Crippen molar-refractivity contribution in [3.8, 4) is 0 Å². The molecule has 0 atom stereocenters. The van der Waals surface area contributed by atoms with Crippen molar-refractivity contribution in [2.75, 3.05) is 5.43 Å². The molecule has 130 valence electrons. The van der Waals surface area contributed by atoms with Crippen LogP contribution in [0.1, 0.15) is 21.9 Å². The van der Waals surface area contributed by atoms with Gasteiger partial charge in [0.15, 0.2) is 11.5 Å². The van der Waals surface area contributed by atoms with Gasteiger partial charge in [-0.05, 0) is 31.2 Å². The number of aromatic nitrogens is 2. The number of H-pyrrole nitrogens is 1. The summed E-state index contributed by atoms with van der Waals surface area (Å²) in [4.78, 5) is 31.5. The monoisotopic (exact) mass is 366 g/mol. The molecule has 6 nitrogen and oxygen atoms in total. The first-order chi connectivity index (χ1) is 12.5. The van der Waals surface area contributed by atoms with E-state index in [1.54, 1.807) is 55.5 Å². The number of aryl methyl sites for hydroxylation is 1. The van der Waals surface area contributed by atoms with Crippen LogP contribution in [0.25, 0.3) is 0 Å². The summed E-state index contributed by atoms with van der Waals surface area (Å²) in [5.41, 5.74) is 4.03. The molecule has 2 aromatic carbocycles. The maximum absolute atomic E-state index is 12.9. The second-order valence-electron chi connectivity index (χ2n) is 5.51. The molecular formula is C19H15ClN4O2. The van der Waals surface area contributed by atoms with Crippen molar-refractivity contribution in [2.45, 2.75) is 6.92 Å². The van der Waals surface area contributed by atoms with Crippen LogP contribution >= 0.6 is 11.6 Å². The van der Waals surface area contributed by atoms with Crippen LogP contribution < -0.4 is 11.0 Å². The van der Waals surface area contributed by atoms with E-state index in [-0.39, 0.29) is 22.9 Å². The number of hydrogen-bond donors (Lipinski definition) is 2. The largest absolute Gasteiger partial charge is 0.305 e. The van der Waals surface area contributed by atoms with Gasteiger partial charge in [0.05, 0.1) is 5.69 Å². The Morgan fingerprint density at radius 2 is 1.81 bits per heavy atom. The molecule has 1 heterocycles. The van der Waals surface area contributed by atoms with Gasteiger partial charge in [0, 0.05) is 22.3 Å². The number of aromatic amines is 1. The minimum atomic E-state index is -0.360. The molecule has 0 saturated heterocycles. The highest BCUT2D eigenvalue weighted by Crippen LogP contribution is 2.14. The maximum atomic E-state index is 12.9. The van der Waals surface area contributed by atoms with Gasteiger partial charge in [-0.25, -0.2) is 4.98 Å². The highest BCUT2D eigenvalue weighted by molar-refractivity contribution is 6.50. The molecule has 0 saturated carbocycles. The Hall–Kier alpha value is -3.25. The van der Waals surface area contributed by atoms with Crippen LogP contribution in [0.2, 0.25) is 5.02 Å². The number of nitrogens with one attached hydrogen (secondary N) is 2.